The second-order valence-corrected chi connectivity index (χ2v) is 6.92. The van der Waals surface area contributed by atoms with Crippen molar-refractivity contribution >= 4 is 5.91 Å². The highest BCUT2D eigenvalue weighted by molar-refractivity contribution is 5.79. The number of amides is 1. The molecule has 0 saturated carbocycles. The SMILES string of the molecule is Cc1cc(C)nc(-n2nc(C)c(CC(=O)NCCc3ccc(F)cc3)c2C)n1. The molecule has 0 atom stereocenters. The summed E-state index contributed by atoms with van der Waals surface area (Å²) in [5.41, 5.74) is 5.24. The second kappa shape index (κ2) is 8.29. The second-order valence-electron chi connectivity index (χ2n) is 6.92. The average molecular weight is 381 g/mol. The molecule has 7 heteroatoms. The van der Waals surface area contributed by atoms with Crippen molar-refractivity contribution < 1.29 is 9.18 Å². The lowest BCUT2D eigenvalue weighted by Gasteiger charge is -2.07. The summed E-state index contributed by atoms with van der Waals surface area (Å²) in [4.78, 5) is 21.3. The molecular weight excluding hydrogens is 357 g/mol. The fraction of sp³-hybridized carbons (Fsp3) is 0.333. The van der Waals surface area contributed by atoms with Gasteiger partial charge in [-0.2, -0.15) is 5.10 Å². The van der Waals surface area contributed by atoms with Gasteiger partial charge in [0.05, 0.1) is 12.1 Å². The first-order valence-corrected chi connectivity index (χ1v) is 9.22. The van der Waals surface area contributed by atoms with Crippen LogP contribution >= 0.6 is 0 Å². The van der Waals surface area contributed by atoms with E-state index in [4.69, 9.17) is 0 Å². The van der Waals surface area contributed by atoms with Crippen LogP contribution in [0.15, 0.2) is 30.3 Å². The van der Waals surface area contributed by atoms with Crippen LogP contribution in [0.5, 0.6) is 0 Å². The number of aryl methyl sites for hydroxylation is 3. The molecule has 0 radical (unpaired) electrons. The normalized spacial score (nSPS) is 10.9. The highest BCUT2D eigenvalue weighted by Crippen LogP contribution is 2.17. The van der Waals surface area contributed by atoms with Crippen LogP contribution in [0.3, 0.4) is 0 Å². The molecule has 0 aliphatic heterocycles. The Hall–Kier alpha value is -3.09. The Balaban J connectivity index is 1.66. The van der Waals surface area contributed by atoms with Gasteiger partial charge in [0, 0.05) is 29.2 Å². The molecule has 0 saturated heterocycles. The number of carbonyl (C=O) groups excluding carboxylic acids is 1. The van der Waals surface area contributed by atoms with Gasteiger partial charge in [-0.05, 0) is 57.9 Å². The zero-order chi connectivity index (χ0) is 20.3. The first-order chi connectivity index (χ1) is 13.3. The van der Waals surface area contributed by atoms with Gasteiger partial charge in [-0.15, -0.1) is 0 Å². The molecule has 0 aliphatic rings. The summed E-state index contributed by atoms with van der Waals surface area (Å²) in [7, 11) is 0. The molecular formula is C21H24FN5O. The number of nitrogens with one attached hydrogen (secondary N) is 1. The maximum Gasteiger partial charge on any atom is 0.251 e. The third-order valence-electron chi connectivity index (χ3n) is 4.59. The van der Waals surface area contributed by atoms with E-state index >= 15 is 0 Å². The number of rotatable bonds is 6. The summed E-state index contributed by atoms with van der Waals surface area (Å²) >= 11 is 0. The Kier molecular flexibility index (Phi) is 5.82. The molecule has 146 valence electrons. The highest BCUT2D eigenvalue weighted by Gasteiger charge is 2.17. The van der Waals surface area contributed by atoms with Crippen molar-refractivity contribution in [3.05, 3.63) is 70.1 Å². The summed E-state index contributed by atoms with van der Waals surface area (Å²) in [6, 6.07) is 8.21. The van der Waals surface area contributed by atoms with Gasteiger partial charge in [0.2, 0.25) is 5.91 Å². The Morgan fingerprint density at radius 1 is 1.07 bits per heavy atom. The Bertz CT molecular complexity index is 975. The van der Waals surface area contributed by atoms with E-state index in [2.05, 4.69) is 20.4 Å². The van der Waals surface area contributed by atoms with Crippen LogP contribution in [0.4, 0.5) is 4.39 Å². The zero-order valence-corrected chi connectivity index (χ0v) is 16.6. The molecule has 0 unspecified atom stereocenters. The quantitative estimate of drug-likeness (QED) is 0.713. The number of hydrogen-bond donors (Lipinski definition) is 1. The van der Waals surface area contributed by atoms with Crippen LogP contribution < -0.4 is 5.32 Å². The summed E-state index contributed by atoms with van der Waals surface area (Å²) in [6.45, 7) is 8.13. The van der Waals surface area contributed by atoms with Crippen molar-refractivity contribution in [1.82, 2.24) is 25.1 Å². The molecule has 3 rings (SSSR count). The lowest BCUT2D eigenvalue weighted by atomic mass is 10.1. The molecule has 0 aliphatic carbocycles. The molecule has 3 aromatic rings. The minimum absolute atomic E-state index is 0.0748. The van der Waals surface area contributed by atoms with E-state index in [1.54, 1.807) is 16.8 Å². The van der Waals surface area contributed by atoms with E-state index < -0.39 is 0 Å². The van der Waals surface area contributed by atoms with Gasteiger partial charge in [-0.3, -0.25) is 4.79 Å². The van der Waals surface area contributed by atoms with E-state index in [1.807, 2.05) is 33.8 Å². The van der Waals surface area contributed by atoms with E-state index in [-0.39, 0.29) is 18.1 Å². The van der Waals surface area contributed by atoms with Crippen molar-refractivity contribution in [1.29, 1.82) is 0 Å². The molecule has 1 aromatic carbocycles. The van der Waals surface area contributed by atoms with Crippen molar-refractivity contribution in [2.24, 2.45) is 0 Å². The molecule has 1 amide bonds. The maximum atomic E-state index is 12.9. The predicted octanol–water partition coefficient (Wildman–Crippen LogP) is 2.94. The van der Waals surface area contributed by atoms with Gasteiger partial charge in [0.25, 0.3) is 5.95 Å². The summed E-state index contributed by atoms with van der Waals surface area (Å²) in [5.74, 6) is 0.179. The molecule has 1 N–H and O–H groups in total. The third kappa shape index (κ3) is 4.60. The van der Waals surface area contributed by atoms with E-state index in [9.17, 15) is 9.18 Å². The molecule has 2 heterocycles. The molecule has 0 spiro atoms. The van der Waals surface area contributed by atoms with Crippen LogP contribution in [0.2, 0.25) is 0 Å². The lowest BCUT2D eigenvalue weighted by Crippen LogP contribution is -2.27. The number of halogens is 1. The van der Waals surface area contributed by atoms with Crippen LogP contribution in [-0.4, -0.2) is 32.2 Å². The number of aromatic nitrogens is 4. The molecule has 2 aromatic heterocycles. The standard InChI is InChI=1S/C21H24FN5O/c1-13-11-14(2)25-21(24-13)27-16(4)19(15(3)26-27)12-20(28)23-10-9-17-5-7-18(22)8-6-17/h5-8,11H,9-10,12H2,1-4H3,(H,23,28). The Morgan fingerprint density at radius 2 is 1.71 bits per heavy atom. The lowest BCUT2D eigenvalue weighted by molar-refractivity contribution is -0.120. The number of carbonyl (C=O) groups is 1. The van der Waals surface area contributed by atoms with E-state index in [1.165, 1.54) is 12.1 Å². The van der Waals surface area contributed by atoms with Crippen LogP contribution in [0.25, 0.3) is 5.95 Å². The molecule has 0 fully saturated rings. The fourth-order valence-electron chi connectivity index (χ4n) is 3.15. The molecule has 28 heavy (non-hydrogen) atoms. The van der Waals surface area contributed by atoms with Gasteiger partial charge in [0.1, 0.15) is 5.82 Å². The minimum atomic E-state index is -0.261. The fourth-order valence-corrected chi connectivity index (χ4v) is 3.15. The van der Waals surface area contributed by atoms with E-state index in [0.29, 0.717) is 18.9 Å². The third-order valence-corrected chi connectivity index (χ3v) is 4.59. The minimum Gasteiger partial charge on any atom is -0.355 e. The smallest absolute Gasteiger partial charge is 0.251 e. The van der Waals surface area contributed by atoms with Gasteiger partial charge in [-0.1, -0.05) is 12.1 Å². The summed E-state index contributed by atoms with van der Waals surface area (Å²) in [5, 5.41) is 7.44. The molecule has 6 nitrogen and oxygen atoms in total. The first-order valence-electron chi connectivity index (χ1n) is 9.22. The number of nitrogens with zero attached hydrogens (tertiary/aromatic N) is 4. The molecule has 0 bridgehead atoms. The summed E-state index contributed by atoms with van der Waals surface area (Å²) in [6.07, 6.45) is 0.894. The van der Waals surface area contributed by atoms with Crippen LogP contribution in [-0.2, 0) is 17.6 Å². The highest BCUT2D eigenvalue weighted by atomic mass is 19.1. The Morgan fingerprint density at radius 3 is 2.36 bits per heavy atom. The number of benzene rings is 1. The van der Waals surface area contributed by atoms with Crippen molar-refractivity contribution in [2.75, 3.05) is 6.54 Å². The van der Waals surface area contributed by atoms with Crippen molar-refractivity contribution in [2.45, 2.75) is 40.5 Å². The van der Waals surface area contributed by atoms with Gasteiger partial charge in [0.15, 0.2) is 0 Å². The van der Waals surface area contributed by atoms with Gasteiger partial charge in [-0.25, -0.2) is 19.0 Å². The maximum absolute atomic E-state index is 12.9. The van der Waals surface area contributed by atoms with Crippen LogP contribution in [0.1, 0.15) is 33.9 Å². The van der Waals surface area contributed by atoms with E-state index in [0.717, 1.165) is 33.9 Å². The van der Waals surface area contributed by atoms with Gasteiger partial charge >= 0.3 is 0 Å². The first kappa shape index (κ1) is 19.7. The monoisotopic (exact) mass is 381 g/mol. The summed E-state index contributed by atoms with van der Waals surface area (Å²) < 4.78 is 14.6. The van der Waals surface area contributed by atoms with Crippen LogP contribution in [0, 0.1) is 33.5 Å². The van der Waals surface area contributed by atoms with Gasteiger partial charge < -0.3 is 5.32 Å². The number of hydrogen-bond acceptors (Lipinski definition) is 4. The predicted molar refractivity (Wildman–Crippen MR) is 105 cm³/mol. The van der Waals surface area contributed by atoms with Crippen molar-refractivity contribution in [3.8, 4) is 5.95 Å². The zero-order valence-electron chi connectivity index (χ0n) is 16.6. The van der Waals surface area contributed by atoms with Crippen molar-refractivity contribution in [3.63, 3.8) is 0 Å². The topological polar surface area (TPSA) is 72.7 Å². The Labute approximate surface area is 163 Å². The average Bonchev–Trinajstić information content (AvgIpc) is 2.91. The largest absolute Gasteiger partial charge is 0.355 e.